The number of para-hydroxylation sites is 1. The average molecular weight is 429 g/mol. The number of aromatic nitrogens is 3. The molecule has 3 N–H and O–H groups in total. The van der Waals surface area contributed by atoms with Crippen molar-refractivity contribution < 1.29 is 14.7 Å². The highest BCUT2D eigenvalue weighted by Crippen LogP contribution is 2.21. The Hall–Kier alpha value is -4.20. The summed E-state index contributed by atoms with van der Waals surface area (Å²) in [7, 11) is 0. The highest BCUT2D eigenvalue weighted by molar-refractivity contribution is 5.99. The molecule has 0 fully saturated rings. The molecular weight excluding hydrogens is 406 g/mol. The van der Waals surface area contributed by atoms with Crippen LogP contribution in [0.5, 0.6) is 0 Å². The molecule has 2 aromatic heterocycles. The quantitative estimate of drug-likeness (QED) is 0.396. The Balaban J connectivity index is 1.52. The van der Waals surface area contributed by atoms with Gasteiger partial charge in [0.15, 0.2) is 0 Å². The number of benzene rings is 2. The number of hydrogen-bond acceptors (Lipinski definition) is 5. The Labute approximate surface area is 184 Å². The molecule has 0 aliphatic carbocycles. The van der Waals surface area contributed by atoms with Crippen LogP contribution >= 0.6 is 0 Å². The van der Waals surface area contributed by atoms with E-state index in [1.807, 2.05) is 54.3 Å². The molecule has 8 nitrogen and oxygen atoms in total. The molecule has 0 saturated heterocycles. The van der Waals surface area contributed by atoms with E-state index < -0.39 is 17.9 Å². The number of aliphatic carboxylic acids is 1. The molecule has 1 atom stereocenters. The summed E-state index contributed by atoms with van der Waals surface area (Å²) in [5.74, 6) is -0.872. The summed E-state index contributed by atoms with van der Waals surface area (Å²) in [6.45, 7) is 2.71. The molecule has 32 heavy (non-hydrogen) atoms. The summed E-state index contributed by atoms with van der Waals surface area (Å²) < 4.78 is 0. The lowest BCUT2D eigenvalue weighted by Gasteiger charge is -2.27. The van der Waals surface area contributed by atoms with Gasteiger partial charge in [-0.25, -0.2) is 9.78 Å². The molecule has 0 aliphatic rings. The standard InChI is InChI=1S/C24H23N5O3/c1-2-29(18-6-4-3-5-7-18)15-21(24(31)32)28-23(30)17-8-9-19-20(14-17)27-22(26-19)16-10-12-25-13-11-16/h3-14,21H,2,15H2,1H3,(H,26,27)(H,28,30)(H,31,32)/t21-/m0/s1. The zero-order valence-electron chi connectivity index (χ0n) is 17.5. The third-order valence-electron chi connectivity index (χ3n) is 5.21. The van der Waals surface area contributed by atoms with Crippen molar-refractivity contribution in [1.82, 2.24) is 20.3 Å². The van der Waals surface area contributed by atoms with Gasteiger partial charge in [-0.2, -0.15) is 0 Å². The fourth-order valence-electron chi connectivity index (χ4n) is 3.50. The topological polar surface area (TPSA) is 111 Å². The zero-order valence-corrected chi connectivity index (χ0v) is 17.5. The fraction of sp³-hybridized carbons (Fsp3) is 0.167. The minimum absolute atomic E-state index is 0.153. The Morgan fingerprint density at radius 2 is 1.84 bits per heavy atom. The van der Waals surface area contributed by atoms with Gasteiger partial charge in [-0.05, 0) is 49.4 Å². The predicted octanol–water partition coefficient (Wildman–Crippen LogP) is 3.33. The van der Waals surface area contributed by atoms with Crippen LogP contribution in [-0.2, 0) is 4.79 Å². The third-order valence-corrected chi connectivity index (χ3v) is 5.21. The maximum atomic E-state index is 12.9. The molecule has 0 radical (unpaired) electrons. The van der Waals surface area contributed by atoms with Gasteiger partial charge in [0, 0.05) is 42.3 Å². The van der Waals surface area contributed by atoms with Crippen LogP contribution < -0.4 is 10.2 Å². The molecule has 4 rings (SSSR count). The fourth-order valence-corrected chi connectivity index (χ4v) is 3.50. The van der Waals surface area contributed by atoms with Gasteiger partial charge in [-0.1, -0.05) is 18.2 Å². The molecule has 0 saturated carbocycles. The summed E-state index contributed by atoms with van der Waals surface area (Å²) >= 11 is 0. The van der Waals surface area contributed by atoms with Gasteiger partial charge in [-0.15, -0.1) is 0 Å². The molecule has 2 aromatic carbocycles. The molecule has 162 valence electrons. The van der Waals surface area contributed by atoms with Gasteiger partial charge in [0.2, 0.25) is 0 Å². The van der Waals surface area contributed by atoms with Gasteiger partial charge in [0.1, 0.15) is 11.9 Å². The molecular formula is C24H23N5O3. The molecule has 4 aromatic rings. The summed E-state index contributed by atoms with van der Waals surface area (Å²) in [4.78, 5) is 38.4. The van der Waals surface area contributed by atoms with E-state index in [4.69, 9.17) is 0 Å². The number of hydrogen-bond donors (Lipinski definition) is 3. The number of nitrogens with zero attached hydrogens (tertiary/aromatic N) is 3. The lowest BCUT2D eigenvalue weighted by Crippen LogP contribution is -2.48. The highest BCUT2D eigenvalue weighted by Gasteiger charge is 2.24. The minimum Gasteiger partial charge on any atom is -0.480 e. The number of amides is 1. The van der Waals surface area contributed by atoms with Crippen molar-refractivity contribution >= 4 is 28.6 Å². The van der Waals surface area contributed by atoms with Crippen molar-refractivity contribution in [3.63, 3.8) is 0 Å². The van der Waals surface area contributed by atoms with Crippen LogP contribution in [0.4, 0.5) is 5.69 Å². The number of fused-ring (bicyclic) bond motifs is 1. The number of carboxylic acid groups (broad SMARTS) is 1. The smallest absolute Gasteiger partial charge is 0.328 e. The van der Waals surface area contributed by atoms with Crippen molar-refractivity contribution in [1.29, 1.82) is 0 Å². The van der Waals surface area contributed by atoms with Gasteiger partial charge in [0.05, 0.1) is 11.0 Å². The zero-order chi connectivity index (χ0) is 22.5. The van der Waals surface area contributed by atoms with Crippen molar-refractivity contribution in [2.75, 3.05) is 18.0 Å². The second-order valence-electron chi connectivity index (χ2n) is 7.29. The Kier molecular flexibility index (Phi) is 6.12. The lowest BCUT2D eigenvalue weighted by atomic mass is 10.1. The first-order valence-corrected chi connectivity index (χ1v) is 10.3. The number of anilines is 1. The second-order valence-corrected chi connectivity index (χ2v) is 7.29. The van der Waals surface area contributed by atoms with Crippen molar-refractivity contribution in [2.24, 2.45) is 0 Å². The number of carbonyl (C=O) groups excluding carboxylic acids is 1. The number of carbonyl (C=O) groups is 2. The number of pyridine rings is 1. The normalized spacial score (nSPS) is 11.8. The monoisotopic (exact) mass is 429 g/mol. The van der Waals surface area contributed by atoms with E-state index in [9.17, 15) is 14.7 Å². The van der Waals surface area contributed by atoms with Crippen LogP contribution in [0.25, 0.3) is 22.4 Å². The van der Waals surface area contributed by atoms with Gasteiger partial charge in [-0.3, -0.25) is 9.78 Å². The number of likely N-dealkylation sites (N-methyl/N-ethyl adjacent to an activating group) is 1. The van der Waals surface area contributed by atoms with Crippen molar-refractivity contribution in [3.8, 4) is 11.4 Å². The van der Waals surface area contributed by atoms with E-state index in [1.165, 1.54) is 0 Å². The lowest BCUT2D eigenvalue weighted by molar-refractivity contribution is -0.139. The van der Waals surface area contributed by atoms with E-state index >= 15 is 0 Å². The molecule has 0 unspecified atom stereocenters. The maximum Gasteiger partial charge on any atom is 0.328 e. The number of carboxylic acids is 1. The van der Waals surface area contributed by atoms with E-state index in [-0.39, 0.29) is 6.54 Å². The van der Waals surface area contributed by atoms with Gasteiger partial charge >= 0.3 is 5.97 Å². The van der Waals surface area contributed by atoms with Crippen LogP contribution in [0.3, 0.4) is 0 Å². The van der Waals surface area contributed by atoms with Crippen LogP contribution in [0.15, 0.2) is 73.1 Å². The van der Waals surface area contributed by atoms with E-state index in [2.05, 4.69) is 20.3 Å². The first kappa shape index (κ1) is 21.0. The molecule has 0 bridgehead atoms. The maximum absolute atomic E-state index is 12.9. The number of nitrogens with one attached hydrogen (secondary N) is 2. The van der Waals surface area contributed by atoms with Crippen LogP contribution in [-0.4, -0.2) is 51.1 Å². The third kappa shape index (κ3) is 4.59. The Bertz CT molecular complexity index is 1220. The molecule has 2 heterocycles. The summed E-state index contributed by atoms with van der Waals surface area (Å²) in [5, 5.41) is 12.3. The first-order valence-electron chi connectivity index (χ1n) is 10.3. The van der Waals surface area contributed by atoms with E-state index in [0.717, 1.165) is 11.3 Å². The molecule has 0 aliphatic heterocycles. The van der Waals surface area contributed by atoms with E-state index in [0.29, 0.717) is 29.0 Å². The van der Waals surface area contributed by atoms with E-state index in [1.54, 1.807) is 30.6 Å². The number of aromatic amines is 1. The molecule has 0 spiro atoms. The van der Waals surface area contributed by atoms with Crippen LogP contribution in [0.2, 0.25) is 0 Å². The van der Waals surface area contributed by atoms with Crippen molar-refractivity contribution in [3.05, 3.63) is 78.6 Å². The van der Waals surface area contributed by atoms with Gasteiger partial charge in [0.25, 0.3) is 5.91 Å². The average Bonchev–Trinajstić information content (AvgIpc) is 3.26. The number of rotatable bonds is 8. The van der Waals surface area contributed by atoms with Crippen molar-refractivity contribution in [2.45, 2.75) is 13.0 Å². The molecule has 8 heteroatoms. The summed E-state index contributed by atoms with van der Waals surface area (Å²) in [6, 6.07) is 17.2. The predicted molar refractivity (Wildman–Crippen MR) is 123 cm³/mol. The molecule has 1 amide bonds. The minimum atomic E-state index is -1.09. The number of H-pyrrole nitrogens is 1. The van der Waals surface area contributed by atoms with Crippen LogP contribution in [0.1, 0.15) is 17.3 Å². The Morgan fingerprint density at radius 1 is 1.09 bits per heavy atom. The Morgan fingerprint density at radius 3 is 2.53 bits per heavy atom. The van der Waals surface area contributed by atoms with Gasteiger partial charge < -0.3 is 20.3 Å². The summed E-state index contributed by atoms with van der Waals surface area (Å²) in [5.41, 5.74) is 3.54. The largest absolute Gasteiger partial charge is 0.480 e. The first-order chi connectivity index (χ1) is 15.5. The number of imidazole rings is 1. The SMILES string of the molecule is CCN(C[C@H](NC(=O)c1ccc2nc(-c3ccncc3)[nH]c2c1)C(=O)O)c1ccccc1. The summed E-state index contributed by atoms with van der Waals surface area (Å²) in [6.07, 6.45) is 3.37. The highest BCUT2D eigenvalue weighted by atomic mass is 16.4. The van der Waals surface area contributed by atoms with Crippen LogP contribution in [0, 0.1) is 0 Å². The second kappa shape index (κ2) is 9.30.